The van der Waals surface area contributed by atoms with E-state index in [0.29, 0.717) is 0 Å². The normalized spacial score (nSPS) is 11.6. The number of allylic oxidation sites excluding steroid dienone is 1. The molecule has 0 spiro atoms. The molecule has 1 heterocycles. The van der Waals surface area contributed by atoms with E-state index in [2.05, 4.69) is 54.4 Å². The zero-order chi connectivity index (χ0) is 14.8. The second-order valence-corrected chi connectivity index (χ2v) is 6.32. The molecule has 0 amide bonds. The van der Waals surface area contributed by atoms with Gasteiger partial charge in [0.2, 0.25) is 0 Å². The molecule has 21 heavy (non-hydrogen) atoms. The highest BCUT2D eigenvalue weighted by atomic mass is 32.2. The maximum Gasteiger partial charge on any atom is 0.0340 e. The molecule has 0 N–H and O–H groups in total. The van der Waals surface area contributed by atoms with Gasteiger partial charge in [-0.1, -0.05) is 62.2 Å². The van der Waals surface area contributed by atoms with Crippen molar-refractivity contribution in [1.29, 1.82) is 0 Å². The number of unbranched alkanes of at least 4 members (excludes halogenated alkanes) is 3. The average molecular weight is 297 g/mol. The third kappa shape index (κ3) is 6.17. The fourth-order valence-corrected chi connectivity index (χ4v) is 3.20. The summed E-state index contributed by atoms with van der Waals surface area (Å²) >= 11 is 1.87. The van der Waals surface area contributed by atoms with Gasteiger partial charge in [0, 0.05) is 17.3 Å². The van der Waals surface area contributed by atoms with Crippen molar-refractivity contribution in [3.63, 3.8) is 0 Å². The van der Waals surface area contributed by atoms with E-state index < -0.39 is 0 Å². The van der Waals surface area contributed by atoms with E-state index in [1.807, 2.05) is 30.2 Å². The Morgan fingerprint density at radius 3 is 2.62 bits per heavy atom. The van der Waals surface area contributed by atoms with Crippen LogP contribution < -0.4 is 0 Å². The van der Waals surface area contributed by atoms with Crippen molar-refractivity contribution in [3.8, 4) is 0 Å². The molecule has 0 aliphatic carbocycles. The molecule has 0 saturated carbocycles. The van der Waals surface area contributed by atoms with E-state index >= 15 is 0 Å². The first-order chi connectivity index (χ1) is 10.4. The fourth-order valence-electron chi connectivity index (χ4n) is 2.17. The minimum atomic E-state index is 1.15. The molecule has 0 radical (unpaired) electrons. The Hall–Kier alpha value is -1.54. The van der Waals surface area contributed by atoms with Crippen molar-refractivity contribution in [2.24, 2.45) is 0 Å². The van der Waals surface area contributed by atoms with Crippen LogP contribution in [0.15, 0.2) is 64.7 Å². The summed E-state index contributed by atoms with van der Waals surface area (Å²) in [6.45, 7) is 2.26. The van der Waals surface area contributed by atoms with Crippen LogP contribution in [-0.2, 0) is 0 Å². The van der Waals surface area contributed by atoms with Crippen LogP contribution in [-0.4, -0.2) is 4.98 Å². The van der Waals surface area contributed by atoms with Crippen LogP contribution in [0.25, 0.3) is 6.08 Å². The number of aromatic nitrogens is 1. The Bertz CT molecular complexity index is 534. The van der Waals surface area contributed by atoms with Crippen molar-refractivity contribution in [2.45, 2.75) is 43.9 Å². The van der Waals surface area contributed by atoms with Gasteiger partial charge in [-0.15, -0.1) is 0 Å². The number of hydrogen-bond acceptors (Lipinski definition) is 2. The molecule has 0 saturated heterocycles. The molecule has 1 aromatic heterocycles. The highest BCUT2D eigenvalue weighted by Crippen LogP contribution is 2.31. The number of hydrogen-bond donors (Lipinski definition) is 0. The van der Waals surface area contributed by atoms with Gasteiger partial charge in [-0.05, 0) is 47.6 Å². The number of pyridine rings is 1. The van der Waals surface area contributed by atoms with Crippen molar-refractivity contribution in [1.82, 2.24) is 4.98 Å². The van der Waals surface area contributed by atoms with Crippen LogP contribution in [0.3, 0.4) is 0 Å². The van der Waals surface area contributed by atoms with Crippen molar-refractivity contribution >= 4 is 17.8 Å². The first-order valence-corrected chi connectivity index (χ1v) is 8.53. The lowest BCUT2D eigenvalue weighted by molar-refractivity contribution is 0.673. The van der Waals surface area contributed by atoms with Crippen LogP contribution in [0, 0.1) is 0 Å². The highest BCUT2D eigenvalue weighted by Gasteiger charge is 2.02. The van der Waals surface area contributed by atoms with E-state index in [1.165, 1.54) is 41.0 Å². The van der Waals surface area contributed by atoms with Gasteiger partial charge >= 0.3 is 0 Å². The first-order valence-electron chi connectivity index (χ1n) is 7.72. The second-order valence-electron chi connectivity index (χ2n) is 5.12. The Morgan fingerprint density at radius 2 is 1.90 bits per heavy atom. The fraction of sp³-hybridized carbons (Fsp3) is 0.316. The van der Waals surface area contributed by atoms with Crippen LogP contribution in [0.1, 0.15) is 44.6 Å². The molecule has 2 aromatic rings. The minimum absolute atomic E-state index is 1.15. The van der Waals surface area contributed by atoms with Gasteiger partial charge in [0.1, 0.15) is 0 Å². The summed E-state index contributed by atoms with van der Waals surface area (Å²) in [5.41, 5.74) is 1.19. The zero-order valence-corrected chi connectivity index (χ0v) is 13.5. The average Bonchev–Trinajstić information content (AvgIpc) is 2.53. The standard InChI is InChI=1S/C19H23NS/c1-2-3-4-6-13-19(15-17-10-9-14-20-16-17)21-18-11-7-5-8-12-18/h5,7-12,14-16H,2-4,6,13H2,1H3. The predicted octanol–water partition coefficient (Wildman–Crippen LogP) is 6.19. The smallest absolute Gasteiger partial charge is 0.0340 e. The molecule has 1 aromatic carbocycles. The molecule has 2 heteroatoms. The molecule has 0 aliphatic heterocycles. The second kappa shape index (κ2) is 9.41. The molecule has 1 nitrogen and oxygen atoms in total. The van der Waals surface area contributed by atoms with Gasteiger partial charge in [0.25, 0.3) is 0 Å². The molecular formula is C19H23NS. The summed E-state index contributed by atoms with van der Waals surface area (Å²) in [5.74, 6) is 0. The topological polar surface area (TPSA) is 12.9 Å². The molecule has 0 unspecified atom stereocenters. The Balaban J connectivity index is 2.04. The van der Waals surface area contributed by atoms with Crippen LogP contribution >= 0.6 is 11.8 Å². The minimum Gasteiger partial charge on any atom is -0.264 e. The lowest BCUT2D eigenvalue weighted by Gasteiger charge is -2.08. The van der Waals surface area contributed by atoms with E-state index in [-0.39, 0.29) is 0 Å². The predicted molar refractivity (Wildman–Crippen MR) is 93.3 cm³/mol. The summed E-state index contributed by atoms with van der Waals surface area (Å²) in [5, 5.41) is 0. The summed E-state index contributed by atoms with van der Waals surface area (Å²) in [6.07, 6.45) is 12.4. The largest absolute Gasteiger partial charge is 0.264 e. The molecule has 0 fully saturated rings. The quantitative estimate of drug-likeness (QED) is 0.426. The lowest BCUT2D eigenvalue weighted by Crippen LogP contribution is -1.83. The molecular weight excluding hydrogens is 274 g/mol. The van der Waals surface area contributed by atoms with Crippen molar-refractivity contribution in [2.75, 3.05) is 0 Å². The number of rotatable bonds is 8. The van der Waals surface area contributed by atoms with E-state index in [0.717, 1.165) is 6.42 Å². The maximum absolute atomic E-state index is 4.20. The van der Waals surface area contributed by atoms with E-state index in [9.17, 15) is 0 Å². The summed E-state index contributed by atoms with van der Waals surface area (Å²) in [7, 11) is 0. The number of benzene rings is 1. The summed E-state index contributed by atoms with van der Waals surface area (Å²) < 4.78 is 0. The van der Waals surface area contributed by atoms with E-state index in [1.54, 1.807) is 0 Å². The summed E-state index contributed by atoms with van der Waals surface area (Å²) in [6, 6.07) is 14.7. The third-order valence-electron chi connectivity index (χ3n) is 3.28. The SMILES string of the molecule is CCCCCCC(=Cc1cccnc1)Sc1ccccc1. The Morgan fingerprint density at radius 1 is 1.05 bits per heavy atom. The molecule has 0 atom stereocenters. The molecule has 110 valence electrons. The van der Waals surface area contributed by atoms with E-state index in [4.69, 9.17) is 0 Å². The Labute approximate surface area is 132 Å². The third-order valence-corrected chi connectivity index (χ3v) is 4.37. The first kappa shape index (κ1) is 15.8. The van der Waals surface area contributed by atoms with Gasteiger partial charge in [-0.3, -0.25) is 4.98 Å². The van der Waals surface area contributed by atoms with Gasteiger partial charge in [0.05, 0.1) is 0 Å². The number of nitrogens with zero attached hydrogens (tertiary/aromatic N) is 1. The van der Waals surface area contributed by atoms with Gasteiger partial charge in [0.15, 0.2) is 0 Å². The van der Waals surface area contributed by atoms with Crippen LogP contribution in [0.2, 0.25) is 0 Å². The van der Waals surface area contributed by atoms with Crippen molar-refractivity contribution in [3.05, 3.63) is 65.3 Å². The van der Waals surface area contributed by atoms with Gasteiger partial charge in [-0.2, -0.15) is 0 Å². The molecule has 0 bridgehead atoms. The molecule has 2 rings (SSSR count). The maximum atomic E-state index is 4.20. The van der Waals surface area contributed by atoms with Gasteiger partial charge < -0.3 is 0 Å². The monoisotopic (exact) mass is 297 g/mol. The highest BCUT2D eigenvalue weighted by molar-refractivity contribution is 8.03. The molecule has 0 aliphatic rings. The summed E-state index contributed by atoms with van der Waals surface area (Å²) in [4.78, 5) is 6.93. The van der Waals surface area contributed by atoms with Gasteiger partial charge in [-0.25, -0.2) is 0 Å². The van der Waals surface area contributed by atoms with Crippen LogP contribution in [0.4, 0.5) is 0 Å². The zero-order valence-electron chi connectivity index (χ0n) is 12.7. The van der Waals surface area contributed by atoms with Crippen LogP contribution in [0.5, 0.6) is 0 Å². The number of thioether (sulfide) groups is 1. The lowest BCUT2D eigenvalue weighted by atomic mass is 10.1. The van der Waals surface area contributed by atoms with Crippen molar-refractivity contribution < 1.29 is 0 Å². The Kier molecular flexibility index (Phi) is 7.10.